The Morgan fingerprint density at radius 1 is 0.821 bits per heavy atom. The van der Waals surface area contributed by atoms with Crippen LogP contribution in [0.15, 0.2) is 6.20 Å². The largest absolute Gasteiger partial charge is 0.394 e. The van der Waals surface area contributed by atoms with Crippen molar-refractivity contribution in [1.82, 2.24) is 15.0 Å². The molecule has 1 heterocycles. The van der Waals surface area contributed by atoms with Gasteiger partial charge in [-0.2, -0.15) is 0 Å². The van der Waals surface area contributed by atoms with Gasteiger partial charge in [0.1, 0.15) is 0 Å². The first-order valence-electron chi connectivity index (χ1n) is 11.5. The number of rotatable bonds is 19. The number of aryl methyl sites for hydroxylation is 1. The van der Waals surface area contributed by atoms with Crippen molar-refractivity contribution in [2.45, 2.75) is 115 Å². The van der Waals surface area contributed by atoms with Gasteiger partial charge < -0.3 is 15.9 Å². The highest BCUT2D eigenvalue weighted by Crippen LogP contribution is 2.13. The van der Waals surface area contributed by atoms with Crippen LogP contribution in [0.25, 0.3) is 0 Å². The Bertz CT molecular complexity index is 475. The molecule has 0 fully saturated rings. The number of nitrogens with two attached hydrogens (primary N) is 1. The second kappa shape index (κ2) is 15.9. The summed E-state index contributed by atoms with van der Waals surface area (Å²) >= 11 is 0. The lowest BCUT2D eigenvalue weighted by atomic mass is 9.97. The molecule has 0 unspecified atom stereocenters. The van der Waals surface area contributed by atoms with Crippen LogP contribution in [0, 0.1) is 0 Å². The van der Waals surface area contributed by atoms with E-state index in [0.717, 1.165) is 18.7 Å². The second-order valence-electron chi connectivity index (χ2n) is 8.42. The molecular formula is C22H44N4O2. The maximum Gasteiger partial charge on any atom is 0.0847 e. The summed E-state index contributed by atoms with van der Waals surface area (Å²) in [6.07, 6.45) is 21.2. The summed E-state index contributed by atoms with van der Waals surface area (Å²) in [4.78, 5) is 0. The zero-order valence-electron chi connectivity index (χ0n) is 18.1. The van der Waals surface area contributed by atoms with E-state index in [9.17, 15) is 10.2 Å². The number of aromatic nitrogens is 3. The van der Waals surface area contributed by atoms with Crippen LogP contribution >= 0.6 is 0 Å². The molecule has 0 bridgehead atoms. The molecule has 0 aliphatic rings. The zero-order valence-corrected chi connectivity index (χ0v) is 18.1. The van der Waals surface area contributed by atoms with Crippen molar-refractivity contribution in [1.29, 1.82) is 0 Å². The van der Waals surface area contributed by atoms with Crippen LogP contribution < -0.4 is 5.73 Å². The molecule has 0 saturated carbocycles. The van der Waals surface area contributed by atoms with Gasteiger partial charge in [0.25, 0.3) is 0 Å². The van der Waals surface area contributed by atoms with Crippen molar-refractivity contribution < 1.29 is 10.2 Å². The molecule has 1 rings (SSSR count). The Hall–Kier alpha value is -0.980. The van der Waals surface area contributed by atoms with Crippen LogP contribution in [-0.2, 0) is 13.0 Å². The third-order valence-corrected chi connectivity index (χ3v) is 5.49. The third kappa shape index (κ3) is 11.8. The number of hydrogen-bond donors (Lipinski definition) is 3. The van der Waals surface area contributed by atoms with Crippen molar-refractivity contribution in [3.05, 3.63) is 11.9 Å². The molecule has 0 atom stereocenters. The molecule has 4 N–H and O–H groups in total. The Kier molecular flexibility index (Phi) is 14.2. The first kappa shape index (κ1) is 25.1. The number of nitrogens with zero attached hydrogens (tertiary/aromatic N) is 3. The monoisotopic (exact) mass is 396 g/mol. The molecule has 6 nitrogen and oxygen atoms in total. The average molecular weight is 397 g/mol. The Morgan fingerprint density at radius 3 is 1.75 bits per heavy atom. The van der Waals surface area contributed by atoms with Gasteiger partial charge in [-0.3, -0.25) is 4.68 Å². The van der Waals surface area contributed by atoms with Crippen molar-refractivity contribution in [2.24, 2.45) is 5.73 Å². The summed E-state index contributed by atoms with van der Waals surface area (Å²) in [6.45, 7) is 2.60. The van der Waals surface area contributed by atoms with Crippen LogP contribution in [0.5, 0.6) is 0 Å². The molecule has 0 radical (unpaired) electrons. The smallest absolute Gasteiger partial charge is 0.0847 e. The fourth-order valence-corrected chi connectivity index (χ4v) is 3.52. The molecular weight excluding hydrogens is 352 g/mol. The van der Waals surface area contributed by atoms with Crippen LogP contribution in [-0.4, -0.2) is 44.0 Å². The maximum absolute atomic E-state index is 9.26. The van der Waals surface area contributed by atoms with E-state index in [2.05, 4.69) is 17.2 Å². The van der Waals surface area contributed by atoms with Gasteiger partial charge in [0.05, 0.1) is 24.4 Å². The number of unbranched alkanes of at least 4 members (excludes halogenated alkanes) is 13. The fraction of sp³-hybridized carbons (Fsp3) is 0.909. The normalized spacial score (nSPS) is 12.0. The first-order chi connectivity index (χ1) is 13.6. The van der Waals surface area contributed by atoms with E-state index in [0.29, 0.717) is 6.42 Å². The van der Waals surface area contributed by atoms with E-state index in [-0.39, 0.29) is 13.2 Å². The van der Waals surface area contributed by atoms with Crippen molar-refractivity contribution in [2.75, 3.05) is 13.2 Å². The van der Waals surface area contributed by atoms with E-state index in [1.807, 2.05) is 10.9 Å². The minimum Gasteiger partial charge on any atom is -0.394 e. The summed E-state index contributed by atoms with van der Waals surface area (Å²) in [7, 11) is 0. The van der Waals surface area contributed by atoms with Gasteiger partial charge in [-0.25, -0.2) is 0 Å². The summed E-state index contributed by atoms with van der Waals surface area (Å²) in [5.41, 5.74) is 5.59. The van der Waals surface area contributed by atoms with Gasteiger partial charge in [-0.15, -0.1) is 5.10 Å². The van der Waals surface area contributed by atoms with E-state index in [1.165, 1.54) is 83.5 Å². The summed E-state index contributed by atoms with van der Waals surface area (Å²) < 4.78 is 1.84. The molecule has 164 valence electrons. The third-order valence-electron chi connectivity index (χ3n) is 5.49. The molecule has 28 heavy (non-hydrogen) atoms. The molecule has 0 spiro atoms. The maximum atomic E-state index is 9.26. The van der Waals surface area contributed by atoms with Gasteiger partial charge in [-0.05, 0) is 6.42 Å². The average Bonchev–Trinajstić information content (AvgIpc) is 3.15. The van der Waals surface area contributed by atoms with Crippen molar-refractivity contribution >= 4 is 0 Å². The lowest BCUT2D eigenvalue weighted by Gasteiger charge is -2.22. The predicted molar refractivity (Wildman–Crippen MR) is 115 cm³/mol. The SMILES string of the molecule is CCCCCCCCCCCCCCCCn1cc(CC(N)(CO)CO)nn1. The van der Waals surface area contributed by atoms with E-state index >= 15 is 0 Å². The zero-order chi connectivity index (χ0) is 20.5. The second-order valence-corrected chi connectivity index (χ2v) is 8.42. The standard InChI is InChI=1S/C22H44N4O2/c1-2-3-4-5-6-7-8-9-10-11-12-13-14-15-16-26-18-21(24-25-26)17-22(23,19-27)20-28/h18,27-28H,2-17,19-20,23H2,1H3. The lowest BCUT2D eigenvalue weighted by molar-refractivity contribution is 0.120. The molecule has 0 aromatic carbocycles. The minimum absolute atomic E-state index is 0.269. The van der Waals surface area contributed by atoms with Crippen LogP contribution in [0.1, 0.15) is 103 Å². The van der Waals surface area contributed by atoms with Crippen molar-refractivity contribution in [3.63, 3.8) is 0 Å². The molecule has 0 aliphatic heterocycles. The number of aliphatic hydroxyl groups is 2. The van der Waals surface area contributed by atoms with Crippen LogP contribution in [0.2, 0.25) is 0 Å². The molecule has 6 heteroatoms. The summed E-state index contributed by atoms with van der Waals surface area (Å²) in [6, 6.07) is 0. The van der Waals surface area contributed by atoms with Gasteiger partial charge in [-0.1, -0.05) is 95.6 Å². The summed E-state index contributed by atoms with van der Waals surface area (Å²) in [5, 5.41) is 26.7. The topological polar surface area (TPSA) is 97.2 Å². The predicted octanol–water partition coefficient (Wildman–Crippen LogP) is 3.98. The quantitative estimate of drug-likeness (QED) is 0.307. The highest BCUT2D eigenvalue weighted by atomic mass is 16.3. The first-order valence-corrected chi connectivity index (χ1v) is 11.5. The highest BCUT2D eigenvalue weighted by molar-refractivity contribution is 5.01. The van der Waals surface area contributed by atoms with Gasteiger partial charge in [0.15, 0.2) is 0 Å². The lowest BCUT2D eigenvalue weighted by Crippen LogP contribution is -2.49. The fourth-order valence-electron chi connectivity index (χ4n) is 3.52. The van der Waals surface area contributed by atoms with Gasteiger partial charge in [0.2, 0.25) is 0 Å². The van der Waals surface area contributed by atoms with Gasteiger partial charge >= 0.3 is 0 Å². The minimum atomic E-state index is -1.02. The van der Waals surface area contributed by atoms with E-state index in [1.54, 1.807) is 0 Å². The van der Waals surface area contributed by atoms with E-state index < -0.39 is 5.54 Å². The summed E-state index contributed by atoms with van der Waals surface area (Å²) in [5.74, 6) is 0. The van der Waals surface area contributed by atoms with Crippen molar-refractivity contribution in [3.8, 4) is 0 Å². The van der Waals surface area contributed by atoms with Crippen LogP contribution in [0.3, 0.4) is 0 Å². The van der Waals surface area contributed by atoms with Gasteiger partial charge in [0, 0.05) is 19.2 Å². The molecule has 0 aliphatic carbocycles. The Balaban J connectivity index is 1.94. The van der Waals surface area contributed by atoms with Crippen LogP contribution in [0.4, 0.5) is 0 Å². The highest BCUT2D eigenvalue weighted by Gasteiger charge is 2.25. The molecule has 1 aromatic rings. The van der Waals surface area contributed by atoms with E-state index in [4.69, 9.17) is 5.73 Å². The molecule has 0 saturated heterocycles. The number of hydrogen-bond acceptors (Lipinski definition) is 5. The Labute approximate surface area is 171 Å². The number of aliphatic hydroxyl groups excluding tert-OH is 2. The molecule has 1 aromatic heterocycles. The molecule has 0 amide bonds. The Morgan fingerprint density at radius 2 is 1.29 bits per heavy atom.